The minimum absolute atomic E-state index is 0.552. The Labute approximate surface area is 117 Å². The van der Waals surface area contributed by atoms with Gasteiger partial charge in [-0.3, -0.25) is 0 Å². The lowest BCUT2D eigenvalue weighted by Gasteiger charge is -2.33. The number of aromatic nitrogens is 2. The van der Waals surface area contributed by atoms with Gasteiger partial charge < -0.3 is 10.2 Å². The number of thiophene rings is 1. The average molecular weight is 276 g/mol. The first kappa shape index (κ1) is 12.8. The summed E-state index contributed by atoms with van der Waals surface area (Å²) in [6.45, 7) is 0. The molecule has 1 saturated carbocycles. The molecule has 2 heterocycles. The predicted octanol–water partition coefficient (Wildman–Crippen LogP) is 2.98. The zero-order valence-corrected chi connectivity index (χ0v) is 12.3. The fraction of sp³-hybridized carbons (Fsp3) is 0.571. The summed E-state index contributed by atoms with van der Waals surface area (Å²) in [7, 11) is 4.36. The van der Waals surface area contributed by atoms with Crippen LogP contribution < -0.4 is 5.32 Å². The van der Waals surface area contributed by atoms with Gasteiger partial charge in [-0.25, -0.2) is 9.97 Å². The summed E-state index contributed by atoms with van der Waals surface area (Å²) in [5.74, 6) is 1.01. The second-order valence-electron chi connectivity index (χ2n) is 5.47. The van der Waals surface area contributed by atoms with Gasteiger partial charge in [0.25, 0.3) is 0 Å². The first-order valence-electron chi connectivity index (χ1n) is 6.85. The molecular formula is C14H20N4S. The van der Waals surface area contributed by atoms with Crippen LogP contribution in [0.3, 0.4) is 0 Å². The summed E-state index contributed by atoms with van der Waals surface area (Å²) in [6, 6.07) is 3.34. The number of rotatable bonds is 3. The second-order valence-corrected chi connectivity index (χ2v) is 6.39. The largest absolute Gasteiger partial charge is 0.366 e. The molecule has 3 rings (SSSR count). The first-order valence-corrected chi connectivity index (χ1v) is 7.73. The third-order valence-electron chi connectivity index (χ3n) is 4.01. The van der Waals surface area contributed by atoms with Gasteiger partial charge >= 0.3 is 0 Å². The molecule has 0 radical (unpaired) electrons. The molecule has 102 valence electrons. The molecule has 0 spiro atoms. The van der Waals surface area contributed by atoms with Gasteiger partial charge in [0, 0.05) is 12.1 Å². The van der Waals surface area contributed by atoms with Crippen molar-refractivity contribution in [2.75, 3.05) is 19.4 Å². The molecule has 2 aromatic rings. The van der Waals surface area contributed by atoms with E-state index >= 15 is 0 Å². The molecule has 1 aliphatic carbocycles. The summed E-state index contributed by atoms with van der Waals surface area (Å²) < 4.78 is 1.18. The van der Waals surface area contributed by atoms with Gasteiger partial charge in [0.1, 0.15) is 12.1 Å². The standard InChI is InChI=1S/C14H20N4S/c1-18(2)11-5-3-10(4-6-11)17-14-13-12(7-8-19-13)15-9-16-14/h7-11H,3-6H2,1-2H3,(H,15,16,17). The van der Waals surface area contributed by atoms with E-state index < -0.39 is 0 Å². The van der Waals surface area contributed by atoms with Crippen molar-refractivity contribution in [3.63, 3.8) is 0 Å². The molecule has 0 saturated heterocycles. The Bertz CT molecular complexity index is 543. The Morgan fingerprint density at radius 2 is 2.00 bits per heavy atom. The van der Waals surface area contributed by atoms with Crippen LogP contribution in [0.15, 0.2) is 17.8 Å². The van der Waals surface area contributed by atoms with Crippen molar-refractivity contribution in [3.05, 3.63) is 17.8 Å². The number of nitrogens with one attached hydrogen (secondary N) is 1. The van der Waals surface area contributed by atoms with E-state index in [4.69, 9.17) is 0 Å². The Morgan fingerprint density at radius 1 is 1.21 bits per heavy atom. The average Bonchev–Trinajstić information content (AvgIpc) is 2.89. The highest BCUT2D eigenvalue weighted by atomic mass is 32.1. The number of hydrogen-bond donors (Lipinski definition) is 1. The van der Waals surface area contributed by atoms with E-state index in [1.807, 2.05) is 0 Å². The van der Waals surface area contributed by atoms with Crippen LogP contribution in [0.4, 0.5) is 5.82 Å². The van der Waals surface area contributed by atoms with E-state index in [-0.39, 0.29) is 0 Å². The smallest absolute Gasteiger partial charge is 0.147 e. The molecule has 1 fully saturated rings. The molecule has 2 aromatic heterocycles. The molecule has 0 bridgehead atoms. The van der Waals surface area contributed by atoms with Gasteiger partial charge in [-0.15, -0.1) is 11.3 Å². The van der Waals surface area contributed by atoms with Crippen molar-refractivity contribution in [2.45, 2.75) is 37.8 Å². The Morgan fingerprint density at radius 3 is 2.74 bits per heavy atom. The molecule has 0 unspecified atom stereocenters. The van der Waals surface area contributed by atoms with Crippen molar-refractivity contribution in [1.29, 1.82) is 0 Å². The van der Waals surface area contributed by atoms with Crippen LogP contribution >= 0.6 is 11.3 Å². The lowest BCUT2D eigenvalue weighted by atomic mass is 9.90. The normalized spacial score (nSPS) is 23.9. The lowest BCUT2D eigenvalue weighted by molar-refractivity contribution is 0.221. The first-order chi connectivity index (χ1) is 9.24. The minimum atomic E-state index is 0.552. The zero-order chi connectivity index (χ0) is 13.2. The molecule has 0 amide bonds. The van der Waals surface area contributed by atoms with Crippen LogP contribution in [0, 0.1) is 0 Å². The third kappa shape index (κ3) is 2.72. The topological polar surface area (TPSA) is 41.0 Å². The second kappa shape index (κ2) is 5.43. The molecule has 4 nitrogen and oxygen atoms in total. The molecular weight excluding hydrogens is 256 g/mol. The summed E-state index contributed by atoms with van der Waals surface area (Å²) in [6.07, 6.45) is 6.63. The maximum atomic E-state index is 4.41. The molecule has 0 aromatic carbocycles. The van der Waals surface area contributed by atoms with Crippen LogP contribution in [0.25, 0.3) is 10.2 Å². The molecule has 19 heavy (non-hydrogen) atoms. The van der Waals surface area contributed by atoms with Crippen LogP contribution in [0.2, 0.25) is 0 Å². The van der Waals surface area contributed by atoms with Crippen molar-refractivity contribution in [1.82, 2.24) is 14.9 Å². The molecule has 1 aliphatic rings. The van der Waals surface area contributed by atoms with Crippen molar-refractivity contribution >= 4 is 27.4 Å². The van der Waals surface area contributed by atoms with Gasteiger partial charge in [0.2, 0.25) is 0 Å². The van der Waals surface area contributed by atoms with E-state index in [0.717, 1.165) is 17.4 Å². The van der Waals surface area contributed by atoms with E-state index in [0.29, 0.717) is 6.04 Å². The van der Waals surface area contributed by atoms with Crippen LogP contribution in [0.5, 0.6) is 0 Å². The highest BCUT2D eigenvalue weighted by Gasteiger charge is 2.23. The summed E-state index contributed by atoms with van der Waals surface area (Å²) >= 11 is 1.71. The maximum Gasteiger partial charge on any atom is 0.147 e. The highest BCUT2D eigenvalue weighted by molar-refractivity contribution is 7.17. The zero-order valence-electron chi connectivity index (χ0n) is 11.5. The molecule has 1 N–H and O–H groups in total. The number of nitrogens with zero attached hydrogens (tertiary/aromatic N) is 3. The minimum Gasteiger partial charge on any atom is -0.366 e. The van der Waals surface area contributed by atoms with Gasteiger partial charge in [0.05, 0.1) is 10.2 Å². The fourth-order valence-electron chi connectivity index (χ4n) is 2.82. The van der Waals surface area contributed by atoms with Crippen LogP contribution in [0.1, 0.15) is 25.7 Å². The number of anilines is 1. The lowest BCUT2D eigenvalue weighted by Crippen LogP contribution is -2.36. The van der Waals surface area contributed by atoms with E-state index in [2.05, 4.69) is 45.7 Å². The number of hydrogen-bond acceptors (Lipinski definition) is 5. The van der Waals surface area contributed by atoms with Crippen molar-refractivity contribution in [2.24, 2.45) is 0 Å². The fourth-order valence-corrected chi connectivity index (χ4v) is 3.62. The van der Waals surface area contributed by atoms with E-state index in [1.165, 1.54) is 30.4 Å². The van der Waals surface area contributed by atoms with E-state index in [9.17, 15) is 0 Å². The summed E-state index contributed by atoms with van der Waals surface area (Å²) in [4.78, 5) is 11.0. The maximum absolute atomic E-state index is 4.41. The highest BCUT2D eigenvalue weighted by Crippen LogP contribution is 2.28. The molecule has 0 aliphatic heterocycles. The molecule has 0 atom stereocenters. The third-order valence-corrected chi connectivity index (χ3v) is 4.92. The van der Waals surface area contributed by atoms with Crippen LogP contribution in [-0.2, 0) is 0 Å². The van der Waals surface area contributed by atoms with Gasteiger partial charge in [0.15, 0.2) is 0 Å². The van der Waals surface area contributed by atoms with Crippen LogP contribution in [-0.4, -0.2) is 41.0 Å². The Balaban J connectivity index is 1.68. The summed E-state index contributed by atoms with van der Waals surface area (Å²) in [5, 5.41) is 5.69. The summed E-state index contributed by atoms with van der Waals surface area (Å²) in [5.41, 5.74) is 1.05. The van der Waals surface area contributed by atoms with E-state index in [1.54, 1.807) is 17.7 Å². The Hall–Kier alpha value is -1.20. The molecule has 5 heteroatoms. The van der Waals surface area contributed by atoms with Gasteiger partial charge in [-0.2, -0.15) is 0 Å². The quantitative estimate of drug-likeness (QED) is 0.935. The Kier molecular flexibility index (Phi) is 3.66. The SMILES string of the molecule is CN(C)C1CCC(Nc2ncnc3ccsc23)CC1. The number of fused-ring (bicyclic) bond motifs is 1. The monoisotopic (exact) mass is 276 g/mol. The van der Waals surface area contributed by atoms with Crippen molar-refractivity contribution in [3.8, 4) is 0 Å². The predicted molar refractivity (Wildman–Crippen MR) is 80.8 cm³/mol. The van der Waals surface area contributed by atoms with Gasteiger partial charge in [-0.05, 0) is 51.2 Å². The van der Waals surface area contributed by atoms with Gasteiger partial charge in [-0.1, -0.05) is 0 Å². The van der Waals surface area contributed by atoms with Crippen molar-refractivity contribution < 1.29 is 0 Å².